The van der Waals surface area contributed by atoms with E-state index in [1.54, 1.807) is 17.0 Å². The lowest BCUT2D eigenvalue weighted by Crippen LogP contribution is -2.54. The maximum absolute atomic E-state index is 13.1. The molecule has 0 saturated carbocycles. The van der Waals surface area contributed by atoms with Crippen LogP contribution in [0.4, 0.5) is 10.1 Å². The third kappa shape index (κ3) is 5.26. The van der Waals surface area contributed by atoms with Crippen LogP contribution in [0.3, 0.4) is 0 Å². The van der Waals surface area contributed by atoms with Crippen molar-refractivity contribution in [2.75, 3.05) is 45.3 Å². The molecule has 31 heavy (non-hydrogen) atoms. The zero-order chi connectivity index (χ0) is 22.6. The Morgan fingerprint density at radius 1 is 1.00 bits per heavy atom. The van der Waals surface area contributed by atoms with Gasteiger partial charge in [-0.15, -0.1) is 0 Å². The number of amides is 1. The van der Waals surface area contributed by atoms with Gasteiger partial charge in [0.25, 0.3) is 0 Å². The van der Waals surface area contributed by atoms with Gasteiger partial charge in [-0.05, 0) is 43.3 Å². The van der Waals surface area contributed by atoms with Crippen LogP contribution in [0.5, 0.6) is 11.5 Å². The van der Waals surface area contributed by atoms with Crippen molar-refractivity contribution in [2.24, 2.45) is 0 Å². The summed E-state index contributed by atoms with van der Waals surface area (Å²) in [6, 6.07) is 9.50. The van der Waals surface area contributed by atoms with Crippen molar-refractivity contribution < 1.29 is 27.1 Å². The van der Waals surface area contributed by atoms with Gasteiger partial charge < -0.3 is 19.3 Å². The molecule has 1 atom stereocenters. The Morgan fingerprint density at radius 3 is 2.19 bits per heavy atom. The van der Waals surface area contributed by atoms with Crippen LogP contribution in [0.25, 0.3) is 0 Å². The van der Waals surface area contributed by atoms with Gasteiger partial charge >= 0.3 is 0 Å². The number of carbonyl (C=O) groups is 1. The van der Waals surface area contributed by atoms with Crippen LogP contribution in [0.15, 0.2) is 47.4 Å². The van der Waals surface area contributed by atoms with Gasteiger partial charge in [0, 0.05) is 37.9 Å². The van der Waals surface area contributed by atoms with E-state index >= 15 is 0 Å². The zero-order valence-corrected chi connectivity index (χ0v) is 18.5. The predicted molar refractivity (Wildman–Crippen MR) is 115 cm³/mol. The molecule has 0 spiro atoms. The summed E-state index contributed by atoms with van der Waals surface area (Å²) in [7, 11) is -1.06. The smallest absolute Gasteiger partial charge is 0.241 e. The van der Waals surface area contributed by atoms with Gasteiger partial charge in [0.2, 0.25) is 15.9 Å². The average Bonchev–Trinajstić information content (AvgIpc) is 2.78. The standard InChI is InChI=1S/C21H26FN3O5S/c1-15(23-31(27,28)18-8-9-19(29-2)20(14-18)30-3)21(26)25-12-10-24(11-13-25)17-6-4-16(22)5-7-17/h4-9,14-15,23H,10-13H2,1-3H3/t15-/m0/s1. The summed E-state index contributed by atoms with van der Waals surface area (Å²) in [5, 5.41) is 0. The quantitative estimate of drug-likeness (QED) is 0.692. The molecule has 168 valence electrons. The van der Waals surface area contributed by atoms with Crippen molar-refractivity contribution >= 4 is 21.6 Å². The Kier molecular flexibility index (Phi) is 7.01. The number of benzene rings is 2. The van der Waals surface area contributed by atoms with Crippen molar-refractivity contribution in [3.05, 3.63) is 48.3 Å². The number of nitrogens with zero attached hydrogens (tertiary/aromatic N) is 2. The SMILES string of the molecule is COc1ccc(S(=O)(=O)N[C@@H](C)C(=O)N2CCN(c3ccc(F)cc3)CC2)cc1OC. The lowest BCUT2D eigenvalue weighted by atomic mass is 10.2. The molecule has 0 radical (unpaired) electrons. The molecule has 0 aliphatic carbocycles. The number of piperazine rings is 1. The topological polar surface area (TPSA) is 88.2 Å². The number of sulfonamides is 1. The summed E-state index contributed by atoms with van der Waals surface area (Å²) in [5.74, 6) is 0.0850. The number of nitrogens with one attached hydrogen (secondary N) is 1. The van der Waals surface area contributed by atoms with Crippen LogP contribution in [0, 0.1) is 5.82 Å². The maximum atomic E-state index is 13.1. The van der Waals surface area contributed by atoms with Gasteiger partial charge in [0.05, 0.1) is 25.2 Å². The number of methoxy groups -OCH3 is 2. The number of ether oxygens (including phenoxy) is 2. The van der Waals surface area contributed by atoms with Crippen molar-refractivity contribution in [3.63, 3.8) is 0 Å². The molecule has 1 aliphatic heterocycles. The minimum atomic E-state index is -3.94. The van der Waals surface area contributed by atoms with E-state index < -0.39 is 16.1 Å². The summed E-state index contributed by atoms with van der Waals surface area (Å²) in [6.45, 7) is 3.56. The van der Waals surface area contributed by atoms with Crippen LogP contribution in [0.2, 0.25) is 0 Å². The van der Waals surface area contributed by atoms with E-state index in [2.05, 4.69) is 9.62 Å². The highest BCUT2D eigenvalue weighted by atomic mass is 32.2. The Morgan fingerprint density at radius 2 is 1.61 bits per heavy atom. The van der Waals surface area contributed by atoms with E-state index in [1.807, 2.05) is 0 Å². The molecule has 0 unspecified atom stereocenters. The van der Waals surface area contributed by atoms with Gasteiger partial charge in [-0.25, -0.2) is 12.8 Å². The fourth-order valence-corrected chi connectivity index (χ4v) is 4.66. The first-order chi connectivity index (χ1) is 14.7. The number of hydrogen-bond donors (Lipinski definition) is 1. The second-order valence-electron chi connectivity index (χ2n) is 7.15. The molecule has 1 saturated heterocycles. The van der Waals surface area contributed by atoms with Gasteiger partial charge in [-0.3, -0.25) is 4.79 Å². The summed E-state index contributed by atoms with van der Waals surface area (Å²) < 4.78 is 51.3. The van der Waals surface area contributed by atoms with Gasteiger partial charge in [0.1, 0.15) is 5.82 Å². The minimum absolute atomic E-state index is 0.0223. The highest BCUT2D eigenvalue weighted by Gasteiger charge is 2.29. The fraction of sp³-hybridized carbons (Fsp3) is 0.381. The number of rotatable bonds is 7. The van der Waals surface area contributed by atoms with Crippen LogP contribution in [-0.2, 0) is 14.8 Å². The zero-order valence-electron chi connectivity index (χ0n) is 17.7. The molecule has 1 aliphatic rings. The predicted octanol–water partition coefficient (Wildman–Crippen LogP) is 1.86. The first-order valence-electron chi connectivity index (χ1n) is 9.79. The summed E-state index contributed by atoms with van der Waals surface area (Å²) >= 11 is 0. The molecular weight excluding hydrogens is 425 g/mol. The third-order valence-electron chi connectivity index (χ3n) is 5.15. The third-order valence-corrected chi connectivity index (χ3v) is 6.69. The van der Waals surface area contributed by atoms with Gasteiger partial charge in [0.15, 0.2) is 11.5 Å². The molecule has 2 aromatic carbocycles. The number of hydrogen-bond acceptors (Lipinski definition) is 6. The number of anilines is 1. The normalized spacial score (nSPS) is 15.5. The van der Waals surface area contributed by atoms with E-state index in [4.69, 9.17) is 9.47 Å². The molecular formula is C21H26FN3O5S. The van der Waals surface area contributed by atoms with Crippen LogP contribution >= 0.6 is 0 Å². The summed E-state index contributed by atoms with van der Waals surface area (Å²) in [6.07, 6.45) is 0. The monoisotopic (exact) mass is 451 g/mol. The van der Waals surface area contributed by atoms with Crippen LogP contribution < -0.4 is 19.1 Å². The molecule has 1 heterocycles. The Hall–Kier alpha value is -2.85. The minimum Gasteiger partial charge on any atom is -0.493 e. The van der Waals surface area contributed by atoms with Crippen LogP contribution in [0.1, 0.15) is 6.92 Å². The second kappa shape index (κ2) is 9.52. The maximum Gasteiger partial charge on any atom is 0.241 e. The van der Waals surface area contributed by atoms with Crippen molar-refractivity contribution in [3.8, 4) is 11.5 Å². The Labute approximate surface area is 181 Å². The molecule has 3 rings (SSSR count). The largest absolute Gasteiger partial charge is 0.493 e. The van der Waals surface area contributed by atoms with Crippen molar-refractivity contribution in [1.82, 2.24) is 9.62 Å². The Balaban J connectivity index is 1.62. The highest BCUT2D eigenvalue weighted by molar-refractivity contribution is 7.89. The molecule has 1 amide bonds. The van der Waals surface area contributed by atoms with Gasteiger partial charge in [-0.1, -0.05) is 0 Å². The first kappa shape index (κ1) is 22.8. The van der Waals surface area contributed by atoms with Gasteiger partial charge in [-0.2, -0.15) is 4.72 Å². The van der Waals surface area contributed by atoms with E-state index in [-0.39, 0.29) is 22.4 Å². The van der Waals surface area contributed by atoms with E-state index in [9.17, 15) is 17.6 Å². The fourth-order valence-electron chi connectivity index (χ4n) is 3.45. The van der Waals surface area contributed by atoms with Crippen molar-refractivity contribution in [2.45, 2.75) is 17.9 Å². The lowest BCUT2D eigenvalue weighted by Gasteiger charge is -2.37. The molecule has 0 bridgehead atoms. The molecule has 0 aromatic heterocycles. The Bertz CT molecular complexity index is 1020. The van der Waals surface area contributed by atoms with Crippen molar-refractivity contribution in [1.29, 1.82) is 0 Å². The molecule has 1 N–H and O–H groups in total. The second-order valence-corrected chi connectivity index (χ2v) is 8.86. The number of halogens is 1. The molecule has 10 heteroatoms. The van der Waals surface area contributed by atoms with Crippen LogP contribution in [-0.4, -0.2) is 65.7 Å². The summed E-state index contributed by atoms with van der Waals surface area (Å²) in [5.41, 5.74) is 0.885. The average molecular weight is 452 g/mol. The molecule has 1 fully saturated rings. The number of carbonyl (C=O) groups excluding carboxylic acids is 1. The van der Waals surface area contributed by atoms with E-state index in [1.165, 1.54) is 51.5 Å². The lowest BCUT2D eigenvalue weighted by molar-refractivity contribution is -0.132. The summed E-state index contributed by atoms with van der Waals surface area (Å²) in [4.78, 5) is 16.5. The molecule has 2 aromatic rings. The molecule has 8 nitrogen and oxygen atoms in total. The highest BCUT2D eigenvalue weighted by Crippen LogP contribution is 2.29. The van der Waals surface area contributed by atoms with E-state index in [0.717, 1.165) is 5.69 Å². The van der Waals surface area contributed by atoms with E-state index in [0.29, 0.717) is 31.9 Å². The first-order valence-corrected chi connectivity index (χ1v) is 11.3.